The molecular weight excluding hydrogens is 267 g/mol. The molecule has 2 aromatic rings. The lowest BCUT2D eigenvalue weighted by Crippen LogP contribution is -2.15. The largest absolute Gasteiger partial charge is 0.322 e. The number of hydrogen-bond acceptors (Lipinski definition) is 2. The lowest BCUT2D eigenvalue weighted by atomic mass is 10.1. The van der Waals surface area contributed by atoms with Crippen molar-refractivity contribution in [1.29, 1.82) is 0 Å². The normalized spacial score (nSPS) is 12.0. The van der Waals surface area contributed by atoms with E-state index in [0.29, 0.717) is 11.3 Å². The molecule has 0 aliphatic carbocycles. The molecule has 0 aliphatic rings. The molecule has 110 valence electrons. The SMILES string of the molecule is CNC(C)c1cccc(NC(=O)c2cc(C)cc(F)c2)c1. The number of carbonyl (C=O) groups excluding carboxylic acids is 1. The molecule has 0 saturated carbocycles. The molecule has 3 nitrogen and oxygen atoms in total. The van der Waals surface area contributed by atoms with E-state index < -0.39 is 5.82 Å². The van der Waals surface area contributed by atoms with Crippen LogP contribution in [0.5, 0.6) is 0 Å². The summed E-state index contributed by atoms with van der Waals surface area (Å²) in [6.45, 7) is 3.80. The fourth-order valence-electron chi connectivity index (χ4n) is 2.12. The zero-order valence-electron chi connectivity index (χ0n) is 12.4. The molecule has 1 amide bonds. The smallest absolute Gasteiger partial charge is 0.255 e. The van der Waals surface area contributed by atoms with Gasteiger partial charge in [0.15, 0.2) is 0 Å². The number of aryl methyl sites for hydroxylation is 1. The van der Waals surface area contributed by atoms with Crippen LogP contribution in [0.3, 0.4) is 0 Å². The van der Waals surface area contributed by atoms with Gasteiger partial charge in [0.1, 0.15) is 5.82 Å². The minimum atomic E-state index is -0.405. The average Bonchev–Trinajstić information content (AvgIpc) is 2.45. The van der Waals surface area contributed by atoms with Crippen molar-refractivity contribution in [3.05, 3.63) is 65.0 Å². The third-order valence-electron chi connectivity index (χ3n) is 3.38. The molecule has 2 rings (SSSR count). The molecule has 1 atom stereocenters. The molecule has 1 unspecified atom stereocenters. The van der Waals surface area contributed by atoms with E-state index in [9.17, 15) is 9.18 Å². The number of benzene rings is 2. The zero-order chi connectivity index (χ0) is 15.4. The second kappa shape index (κ2) is 6.50. The highest BCUT2D eigenvalue weighted by atomic mass is 19.1. The molecule has 2 aromatic carbocycles. The van der Waals surface area contributed by atoms with Gasteiger partial charge in [0.05, 0.1) is 0 Å². The van der Waals surface area contributed by atoms with E-state index in [1.165, 1.54) is 12.1 Å². The Morgan fingerprint density at radius 2 is 1.95 bits per heavy atom. The second-order valence-corrected chi connectivity index (χ2v) is 5.11. The Bertz CT molecular complexity index is 635. The zero-order valence-corrected chi connectivity index (χ0v) is 12.4. The van der Waals surface area contributed by atoms with Crippen LogP contribution < -0.4 is 10.6 Å². The highest BCUT2D eigenvalue weighted by molar-refractivity contribution is 6.04. The monoisotopic (exact) mass is 286 g/mol. The lowest BCUT2D eigenvalue weighted by Gasteiger charge is -2.13. The molecular formula is C17H19FN2O. The molecule has 21 heavy (non-hydrogen) atoms. The average molecular weight is 286 g/mol. The van der Waals surface area contributed by atoms with Crippen LogP contribution in [0, 0.1) is 12.7 Å². The van der Waals surface area contributed by atoms with Crippen molar-refractivity contribution in [3.8, 4) is 0 Å². The summed E-state index contributed by atoms with van der Waals surface area (Å²) < 4.78 is 13.4. The minimum Gasteiger partial charge on any atom is -0.322 e. The summed E-state index contributed by atoms with van der Waals surface area (Å²) >= 11 is 0. The maximum absolute atomic E-state index is 13.4. The maximum Gasteiger partial charge on any atom is 0.255 e. The number of rotatable bonds is 4. The topological polar surface area (TPSA) is 41.1 Å². The molecule has 0 heterocycles. The first-order valence-corrected chi connectivity index (χ1v) is 6.85. The van der Waals surface area contributed by atoms with Crippen LogP contribution >= 0.6 is 0 Å². The maximum atomic E-state index is 13.4. The summed E-state index contributed by atoms with van der Waals surface area (Å²) in [4.78, 5) is 12.2. The van der Waals surface area contributed by atoms with Crippen LogP contribution in [0.2, 0.25) is 0 Å². The summed E-state index contributed by atoms with van der Waals surface area (Å²) in [6.07, 6.45) is 0. The van der Waals surface area contributed by atoms with Gasteiger partial charge in [-0.1, -0.05) is 12.1 Å². The number of hydrogen-bond donors (Lipinski definition) is 2. The highest BCUT2D eigenvalue weighted by Gasteiger charge is 2.09. The number of anilines is 1. The van der Waals surface area contributed by atoms with E-state index >= 15 is 0 Å². The summed E-state index contributed by atoms with van der Waals surface area (Å²) in [5.41, 5.74) is 2.81. The molecule has 4 heteroatoms. The second-order valence-electron chi connectivity index (χ2n) is 5.11. The Morgan fingerprint density at radius 1 is 1.19 bits per heavy atom. The molecule has 0 saturated heterocycles. The minimum absolute atomic E-state index is 0.193. The Balaban J connectivity index is 2.19. The standard InChI is InChI=1S/C17H19FN2O/c1-11-7-14(9-15(18)8-11)17(21)20-16-6-4-5-13(10-16)12(2)19-3/h4-10,12,19H,1-3H3,(H,20,21). The first kappa shape index (κ1) is 15.2. The molecule has 0 bridgehead atoms. The van der Waals surface area contributed by atoms with Crippen molar-refractivity contribution < 1.29 is 9.18 Å². The fraction of sp³-hybridized carbons (Fsp3) is 0.235. The van der Waals surface area contributed by atoms with Crippen LogP contribution in [0.1, 0.15) is 34.5 Å². The highest BCUT2D eigenvalue weighted by Crippen LogP contribution is 2.18. The van der Waals surface area contributed by atoms with Gasteiger partial charge in [-0.15, -0.1) is 0 Å². The van der Waals surface area contributed by atoms with E-state index in [2.05, 4.69) is 10.6 Å². The van der Waals surface area contributed by atoms with Gasteiger partial charge >= 0.3 is 0 Å². The Labute approximate surface area is 124 Å². The predicted octanol–water partition coefficient (Wildman–Crippen LogP) is 3.67. The van der Waals surface area contributed by atoms with Crippen LogP contribution in [-0.4, -0.2) is 13.0 Å². The van der Waals surface area contributed by atoms with Crippen LogP contribution in [-0.2, 0) is 0 Å². The summed E-state index contributed by atoms with van der Waals surface area (Å²) in [7, 11) is 1.88. The first-order chi connectivity index (χ1) is 9.99. The van der Waals surface area contributed by atoms with Crippen molar-refractivity contribution in [2.24, 2.45) is 0 Å². The number of amides is 1. The van der Waals surface area contributed by atoms with Crippen molar-refractivity contribution in [3.63, 3.8) is 0 Å². The van der Waals surface area contributed by atoms with Crippen LogP contribution in [0.15, 0.2) is 42.5 Å². The van der Waals surface area contributed by atoms with Crippen LogP contribution in [0.4, 0.5) is 10.1 Å². The molecule has 0 fully saturated rings. The molecule has 0 radical (unpaired) electrons. The fourth-order valence-corrected chi connectivity index (χ4v) is 2.12. The van der Waals surface area contributed by atoms with Gasteiger partial charge in [0.25, 0.3) is 5.91 Å². The van der Waals surface area contributed by atoms with E-state index in [4.69, 9.17) is 0 Å². The van der Waals surface area contributed by atoms with E-state index in [0.717, 1.165) is 11.1 Å². The van der Waals surface area contributed by atoms with Gasteiger partial charge in [-0.05, 0) is 62.4 Å². The number of carbonyl (C=O) groups is 1. The van der Waals surface area contributed by atoms with Crippen LogP contribution in [0.25, 0.3) is 0 Å². The number of nitrogens with one attached hydrogen (secondary N) is 2. The summed E-state index contributed by atoms with van der Waals surface area (Å²) in [5, 5.41) is 5.94. The summed E-state index contributed by atoms with van der Waals surface area (Å²) in [6, 6.07) is 12.1. The molecule has 0 aliphatic heterocycles. The van der Waals surface area contributed by atoms with Gasteiger partial charge in [0, 0.05) is 17.3 Å². The van der Waals surface area contributed by atoms with Crippen molar-refractivity contribution in [2.75, 3.05) is 12.4 Å². The van der Waals surface area contributed by atoms with Gasteiger partial charge in [0.2, 0.25) is 0 Å². The van der Waals surface area contributed by atoms with Gasteiger partial charge in [-0.3, -0.25) is 4.79 Å². The quantitative estimate of drug-likeness (QED) is 0.900. The molecule has 0 aromatic heterocycles. The van der Waals surface area contributed by atoms with Crippen molar-refractivity contribution in [2.45, 2.75) is 19.9 Å². The van der Waals surface area contributed by atoms with Crippen molar-refractivity contribution >= 4 is 11.6 Å². The van der Waals surface area contributed by atoms with E-state index in [1.807, 2.05) is 38.2 Å². The van der Waals surface area contributed by atoms with E-state index in [1.54, 1.807) is 13.0 Å². The predicted molar refractivity (Wildman–Crippen MR) is 83.0 cm³/mol. The van der Waals surface area contributed by atoms with Gasteiger partial charge < -0.3 is 10.6 Å². The van der Waals surface area contributed by atoms with Gasteiger partial charge in [-0.25, -0.2) is 4.39 Å². The van der Waals surface area contributed by atoms with Gasteiger partial charge in [-0.2, -0.15) is 0 Å². The third kappa shape index (κ3) is 3.89. The summed E-state index contributed by atoms with van der Waals surface area (Å²) in [5.74, 6) is -0.718. The first-order valence-electron chi connectivity index (χ1n) is 6.85. The Morgan fingerprint density at radius 3 is 2.62 bits per heavy atom. The molecule has 0 spiro atoms. The Hall–Kier alpha value is -2.20. The third-order valence-corrected chi connectivity index (χ3v) is 3.38. The molecule has 2 N–H and O–H groups in total. The Kier molecular flexibility index (Phi) is 4.70. The van der Waals surface area contributed by atoms with Crippen molar-refractivity contribution in [1.82, 2.24) is 5.32 Å². The number of halogens is 1. The van der Waals surface area contributed by atoms with E-state index in [-0.39, 0.29) is 11.9 Å². The lowest BCUT2D eigenvalue weighted by molar-refractivity contribution is 0.102.